The molecule has 0 aliphatic carbocycles. The maximum absolute atomic E-state index is 5.40. The van der Waals surface area contributed by atoms with E-state index in [2.05, 4.69) is 50.8 Å². The number of nitrogens with one attached hydrogen (secondary N) is 1. The Morgan fingerprint density at radius 1 is 1.38 bits per heavy atom. The number of aryl methyl sites for hydroxylation is 1. The standard InChI is InChI=1S/C13H21NOS/c1-9(2)11-8-12(14-5-6-16)10(3)7-13(11)15-4/h7-9,14,16H,5-6H2,1-4H3. The number of ether oxygens (including phenoxy) is 1. The van der Waals surface area contributed by atoms with Crippen molar-refractivity contribution in [3.63, 3.8) is 0 Å². The van der Waals surface area contributed by atoms with Crippen LogP contribution in [-0.2, 0) is 0 Å². The van der Waals surface area contributed by atoms with Crippen molar-refractivity contribution in [1.82, 2.24) is 0 Å². The van der Waals surface area contributed by atoms with E-state index in [1.165, 1.54) is 16.8 Å². The van der Waals surface area contributed by atoms with Crippen molar-refractivity contribution in [3.8, 4) is 5.75 Å². The van der Waals surface area contributed by atoms with E-state index in [4.69, 9.17) is 4.74 Å². The normalized spacial score (nSPS) is 10.6. The van der Waals surface area contributed by atoms with E-state index < -0.39 is 0 Å². The van der Waals surface area contributed by atoms with Crippen molar-refractivity contribution in [2.75, 3.05) is 24.7 Å². The third-order valence-corrected chi connectivity index (χ3v) is 2.85. The van der Waals surface area contributed by atoms with Gasteiger partial charge in [-0.1, -0.05) is 13.8 Å². The Bertz CT molecular complexity index is 350. The molecule has 0 unspecified atom stereocenters. The summed E-state index contributed by atoms with van der Waals surface area (Å²) in [6.45, 7) is 7.33. The predicted octanol–water partition coefficient (Wildman–Crippen LogP) is 3.47. The summed E-state index contributed by atoms with van der Waals surface area (Å²) in [5.41, 5.74) is 3.64. The Morgan fingerprint density at radius 3 is 2.56 bits per heavy atom. The summed E-state index contributed by atoms with van der Waals surface area (Å²) in [5, 5.41) is 3.38. The van der Waals surface area contributed by atoms with Gasteiger partial charge in [-0.3, -0.25) is 0 Å². The molecular formula is C13H21NOS. The Hall–Kier alpha value is -0.830. The minimum absolute atomic E-state index is 0.465. The van der Waals surface area contributed by atoms with Crippen LogP contribution in [0.25, 0.3) is 0 Å². The molecule has 0 aliphatic rings. The highest BCUT2D eigenvalue weighted by Gasteiger charge is 2.10. The Balaban J connectivity index is 3.06. The number of anilines is 1. The van der Waals surface area contributed by atoms with E-state index >= 15 is 0 Å². The summed E-state index contributed by atoms with van der Waals surface area (Å²) in [7, 11) is 1.72. The number of methoxy groups -OCH3 is 1. The zero-order valence-corrected chi connectivity index (χ0v) is 11.4. The van der Waals surface area contributed by atoms with E-state index in [0.29, 0.717) is 5.92 Å². The zero-order chi connectivity index (χ0) is 12.1. The first-order valence-corrected chi connectivity index (χ1v) is 6.26. The Labute approximate surface area is 104 Å². The first-order valence-electron chi connectivity index (χ1n) is 5.63. The van der Waals surface area contributed by atoms with Crippen LogP contribution in [0.1, 0.15) is 30.9 Å². The lowest BCUT2D eigenvalue weighted by Crippen LogP contribution is -2.06. The maximum Gasteiger partial charge on any atom is 0.122 e. The van der Waals surface area contributed by atoms with E-state index in [0.717, 1.165) is 18.0 Å². The van der Waals surface area contributed by atoms with Crippen molar-refractivity contribution in [2.45, 2.75) is 26.7 Å². The van der Waals surface area contributed by atoms with Gasteiger partial charge in [-0.2, -0.15) is 12.6 Å². The van der Waals surface area contributed by atoms with Gasteiger partial charge in [-0.15, -0.1) is 0 Å². The number of thiol groups is 1. The molecule has 0 saturated carbocycles. The number of hydrogen-bond acceptors (Lipinski definition) is 3. The lowest BCUT2D eigenvalue weighted by molar-refractivity contribution is 0.407. The first kappa shape index (κ1) is 13.2. The van der Waals surface area contributed by atoms with Crippen molar-refractivity contribution in [3.05, 3.63) is 23.3 Å². The lowest BCUT2D eigenvalue weighted by atomic mass is 9.99. The summed E-state index contributed by atoms with van der Waals surface area (Å²) in [5.74, 6) is 2.28. The summed E-state index contributed by atoms with van der Waals surface area (Å²) < 4.78 is 5.40. The molecule has 0 spiro atoms. The summed E-state index contributed by atoms with van der Waals surface area (Å²) in [6.07, 6.45) is 0. The molecule has 2 nitrogen and oxygen atoms in total. The highest BCUT2D eigenvalue weighted by Crippen LogP contribution is 2.31. The molecule has 3 heteroatoms. The fourth-order valence-corrected chi connectivity index (χ4v) is 1.82. The molecule has 0 saturated heterocycles. The highest BCUT2D eigenvalue weighted by atomic mass is 32.1. The van der Waals surface area contributed by atoms with Gasteiger partial charge in [0, 0.05) is 18.0 Å². The molecule has 1 rings (SSSR count). The fraction of sp³-hybridized carbons (Fsp3) is 0.538. The lowest BCUT2D eigenvalue weighted by Gasteiger charge is -2.16. The van der Waals surface area contributed by atoms with Gasteiger partial charge in [0.2, 0.25) is 0 Å². The smallest absolute Gasteiger partial charge is 0.122 e. The van der Waals surface area contributed by atoms with Gasteiger partial charge >= 0.3 is 0 Å². The molecule has 0 aromatic heterocycles. The molecule has 90 valence electrons. The average molecular weight is 239 g/mol. The molecule has 16 heavy (non-hydrogen) atoms. The van der Waals surface area contributed by atoms with E-state index in [9.17, 15) is 0 Å². The molecule has 0 fully saturated rings. The van der Waals surface area contributed by atoms with Crippen LogP contribution in [0.3, 0.4) is 0 Å². The van der Waals surface area contributed by atoms with Crippen LogP contribution in [0, 0.1) is 6.92 Å². The van der Waals surface area contributed by atoms with E-state index in [-0.39, 0.29) is 0 Å². The maximum atomic E-state index is 5.40. The molecule has 1 aromatic rings. The largest absolute Gasteiger partial charge is 0.496 e. The highest BCUT2D eigenvalue weighted by molar-refractivity contribution is 7.80. The van der Waals surface area contributed by atoms with Crippen LogP contribution in [0.2, 0.25) is 0 Å². The quantitative estimate of drug-likeness (QED) is 0.768. The van der Waals surface area contributed by atoms with Gasteiger partial charge in [-0.25, -0.2) is 0 Å². The molecule has 1 N–H and O–H groups in total. The van der Waals surface area contributed by atoms with Crippen LogP contribution in [0.4, 0.5) is 5.69 Å². The average Bonchev–Trinajstić information content (AvgIpc) is 2.26. The molecule has 0 amide bonds. The fourth-order valence-electron chi connectivity index (χ4n) is 1.71. The second-order valence-corrected chi connectivity index (χ2v) is 4.66. The van der Waals surface area contributed by atoms with Crippen LogP contribution in [0.15, 0.2) is 12.1 Å². The van der Waals surface area contributed by atoms with Gasteiger partial charge in [0.25, 0.3) is 0 Å². The second kappa shape index (κ2) is 6.04. The topological polar surface area (TPSA) is 21.3 Å². The van der Waals surface area contributed by atoms with Gasteiger partial charge in [-0.05, 0) is 36.1 Å². The van der Waals surface area contributed by atoms with Crippen molar-refractivity contribution in [2.24, 2.45) is 0 Å². The van der Waals surface area contributed by atoms with Gasteiger partial charge in [0.05, 0.1) is 7.11 Å². The molecule has 1 aromatic carbocycles. The zero-order valence-electron chi connectivity index (χ0n) is 10.5. The summed E-state index contributed by atoms with van der Waals surface area (Å²) in [4.78, 5) is 0. The van der Waals surface area contributed by atoms with E-state index in [1.807, 2.05) is 0 Å². The summed E-state index contributed by atoms with van der Waals surface area (Å²) in [6, 6.07) is 4.28. The Kier molecular flexibility index (Phi) is 5.00. The van der Waals surface area contributed by atoms with Gasteiger partial charge < -0.3 is 10.1 Å². The second-order valence-electron chi connectivity index (χ2n) is 4.21. The number of rotatable bonds is 5. The summed E-state index contributed by atoms with van der Waals surface area (Å²) >= 11 is 4.20. The van der Waals surface area contributed by atoms with Crippen LogP contribution < -0.4 is 10.1 Å². The van der Waals surface area contributed by atoms with Crippen molar-refractivity contribution in [1.29, 1.82) is 0 Å². The first-order chi connectivity index (χ1) is 7.60. The van der Waals surface area contributed by atoms with Crippen molar-refractivity contribution >= 4 is 18.3 Å². The minimum atomic E-state index is 0.465. The molecule has 0 heterocycles. The van der Waals surface area contributed by atoms with Crippen LogP contribution in [-0.4, -0.2) is 19.4 Å². The minimum Gasteiger partial charge on any atom is -0.496 e. The SMILES string of the molecule is COc1cc(C)c(NCCS)cc1C(C)C. The van der Waals surface area contributed by atoms with Crippen molar-refractivity contribution < 1.29 is 4.74 Å². The third-order valence-electron chi connectivity index (χ3n) is 2.63. The van der Waals surface area contributed by atoms with E-state index in [1.54, 1.807) is 7.11 Å². The van der Waals surface area contributed by atoms with Crippen LogP contribution in [0.5, 0.6) is 5.75 Å². The predicted molar refractivity (Wildman–Crippen MR) is 74.2 cm³/mol. The molecule has 0 bridgehead atoms. The van der Waals surface area contributed by atoms with Gasteiger partial charge in [0.15, 0.2) is 0 Å². The monoisotopic (exact) mass is 239 g/mol. The van der Waals surface area contributed by atoms with Crippen LogP contribution >= 0.6 is 12.6 Å². The van der Waals surface area contributed by atoms with Gasteiger partial charge in [0.1, 0.15) is 5.75 Å². The number of hydrogen-bond donors (Lipinski definition) is 2. The Morgan fingerprint density at radius 2 is 2.06 bits per heavy atom. The number of benzene rings is 1. The third kappa shape index (κ3) is 3.08. The molecule has 0 aliphatic heterocycles. The molecule has 0 atom stereocenters. The molecule has 0 radical (unpaired) electrons. The molecular weight excluding hydrogens is 218 g/mol.